The maximum Gasteiger partial charge on any atom is 0.303 e. The largest absolute Gasteiger partial charge is 0.503 e. The number of benzene rings is 3. The van der Waals surface area contributed by atoms with E-state index in [-0.39, 0.29) is 54.7 Å². The summed E-state index contributed by atoms with van der Waals surface area (Å²) in [4.78, 5) is 71.3. The predicted molar refractivity (Wildman–Crippen MR) is 179 cm³/mol. The number of nitrogens with zero attached hydrogens (tertiary/aromatic N) is 2. The third-order valence-corrected chi connectivity index (χ3v) is 11.2. The third-order valence-electron chi connectivity index (χ3n) is 10.6. The molecule has 4 amide bonds. The number of amides is 4. The molecule has 7 rings (SSSR count). The van der Waals surface area contributed by atoms with E-state index in [1.807, 2.05) is 24.3 Å². The van der Waals surface area contributed by atoms with Crippen LogP contribution >= 0.6 is 23.2 Å². The van der Waals surface area contributed by atoms with Gasteiger partial charge in [0.1, 0.15) is 0 Å². The monoisotopic (exact) mass is 702 g/mol. The Kier molecular flexibility index (Phi) is 8.27. The summed E-state index contributed by atoms with van der Waals surface area (Å²) >= 11 is 12.9. The van der Waals surface area contributed by atoms with Crippen LogP contribution in [0.15, 0.2) is 78.4 Å². The smallest absolute Gasteiger partial charge is 0.303 e. The van der Waals surface area contributed by atoms with E-state index in [0.717, 1.165) is 4.90 Å². The number of ether oxygens (including phenoxy) is 1. The Hall–Kier alpha value is -4.67. The molecule has 3 aromatic rings. The molecule has 49 heavy (non-hydrogen) atoms. The molecule has 0 radical (unpaired) electrons. The fourth-order valence-electron chi connectivity index (χ4n) is 8.71. The van der Waals surface area contributed by atoms with E-state index in [0.29, 0.717) is 27.4 Å². The summed E-state index contributed by atoms with van der Waals surface area (Å²) in [6, 6.07) is 18.7. The summed E-state index contributed by atoms with van der Waals surface area (Å²) in [5, 5.41) is 20.2. The van der Waals surface area contributed by atoms with Gasteiger partial charge in [-0.25, -0.2) is 4.90 Å². The van der Waals surface area contributed by atoms with Gasteiger partial charge in [0.25, 0.3) is 0 Å². The zero-order valence-corrected chi connectivity index (χ0v) is 27.9. The number of phenolic OH excluding ortho intramolecular Hbond substituents is 1. The minimum atomic E-state index is -1.52. The first kappa shape index (κ1) is 32.9. The molecular weight excluding hydrogens is 671 g/mol. The maximum atomic E-state index is 15.3. The fraction of sp³-hybridized carbons (Fsp3) is 0.324. The molecule has 3 aromatic carbocycles. The lowest BCUT2D eigenvalue weighted by Crippen LogP contribution is -2.53. The van der Waals surface area contributed by atoms with Crippen LogP contribution in [0.4, 0.5) is 5.69 Å². The van der Waals surface area contributed by atoms with E-state index in [9.17, 15) is 24.3 Å². The van der Waals surface area contributed by atoms with Crippen LogP contribution in [-0.4, -0.2) is 58.4 Å². The van der Waals surface area contributed by atoms with Crippen molar-refractivity contribution in [1.82, 2.24) is 4.90 Å². The summed E-state index contributed by atoms with van der Waals surface area (Å²) in [5.41, 5.74) is 0.578. The lowest BCUT2D eigenvalue weighted by Gasteiger charge is -2.50. The number of aromatic hydroxyl groups is 1. The van der Waals surface area contributed by atoms with Gasteiger partial charge in [-0.3, -0.25) is 28.9 Å². The van der Waals surface area contributed by atoms with E-state index in [1.54, 1.807) is 48.5 Å². The maximum absolute atomic E-state index is 15.3. The molecule has 2 aliphatic carbocycles. The van der Waals surface area contributed by atoms with Crippen LogP contribution < -0.4 is 9.64 Å². The number of aliphatic carboxylic acids is 1. The second-order valence-corrected chi connectivity index (χ2v) is 13.8. The lowest BCUT2D eigenvalue weighted by atomic mass is 9.49. The van der Waals surface area contributed by atoms with Gasteiger partial charge >= 0.3 is 5.97 Å². The molecule has 2 saturated heterocycles. The zero-order chi connectivity index (χ0) is 34.8. The molecule has 0 bridgehead atoms. The number of fused-ring (bicyclic) bond motifs is 4. The summed E-state index contributed by atoms with van der Waals surface area (Å²) in [7, 11) is 1.38. The van der Waals surface area contributed by atoms with Gasteiger partial charge in [0, 0.05) is 23.9 Å². The second-order valence-electron chi connectivity index (χ2n) is 13.0. The molecular formula is C37H32Cl2N2O8. The average Bonchev–Trinajstić information content (AvgIpc) is 3.46. The number of likely N-dealkylation sites (tertiary alicyclic amines) is 1. The van der Waals surface area contributed by atoms with Crippen molar-refractivity contribution >= 4 is 58.5 Å². The van der Waals surface area contributed by atoms with Gasteiger partial charge in [0.2, 0.25) is 23.6 Å². The average molecular weight is 704 g/mol. The summed E-state index contributed by atoms with van der Waals surface area (Å²) < 4.78 is 5.49. The van der Waals surface area contributed by atoms with E-state index < -0.39 is 58.7 Å². The van der Waals surface area contributed by atoms with Crippen LogP contribution in [0.2, 0.25) is 10.0 Å². The number of carboxylic acids is 1. The molecule has 2 N–H and O–H groups in total. The number of anilines is 1. The Labute approximate surface area is 291 Å². The zero-order valence-electron chi connectivity index (χ0n) is 26.3. The highest BCUT2D eigenvalue weighted by atomic mass is 35.5. The minimum Gasteiger partial charge on any atom is -0.503 e. The first-order valence-electron chi connectivity index (χ1n) is 16.0. The number of halogens is 2. The van der Waals surface area contributed by atoms with Gasteiger partial charge < -0.3 is 14.9 Å². The van der Waals surface area contributed by atoms with Gasteiger partial charge in [0.15, 0.2) is 11.5 Å². The number of methoxy groups -OCH3 is 1. The Morgan fingerprint density at radius 2 is 1.71 bits per heavy atom. The standard InChI is InChI=1S/C37H32Cl2N2O8/c1-49-28-16-19(15-27(39)32(28)44)31-23-12-13-24-30(35(47)40(33(24)45)14-6-11-29(42)43)25(23)18-26-34(46)41(22-10-5-9-21(38)17-22)36(48)37(26,31)20-7-3-2-4-8-20/h2-5,7-10,12,15-17,24-26,30-31,44H,6,11,13-14,18H2,1H3,(H,42,43). The number of allylic oxidation sites excluding steroid dienone is 2. The Morgan fingerprint density at radius 1 is 0.959 bits per heavy atom. The number of hydrogen-bond donors (Lipinski definition) is 2. The van der Waals surface area contributed by atoms with Crippen molar-refractivity contribution in [2.24, 2.45) is 23.7 Å². The SMILES string of the molecule is COc1cc(C2C3=CCC4C(=O)N(CCCC(=O)O)C(=O)C4C3CC3C(=O)N(c4cccc(Cl)c4)C(=O)C32c2ccccc2)cc(Cl)c1O. The van der Waals surface area contributed by atoms with Crippen molar-refractivity contribution in [3.05, 3.63) is 99.6 Å². The Balaban J connectivity index is 1.45. The molecule has 3 fully saturated rings. The number of phenols is 1. The molecule has 0 aromatic heterocycles. The first-order chi connectivity index (χ1) is 23.5. The molecule has 6 unspecified atom stereocenters. The van der Waals surface area contributed by atoms with Crippen LogP contribution in [0.1, 0.15) is 42.7 Å². The van der Waals surface area contributed by atoms with Crippen LogP contribution in [-0.2, 0) is 29.4 Å². The van der Waals surface area contributed by atoms with Gasteiger partial charge in [-0.15, -0.1) is 0 Å². The highest BCUT2D eigenvalue weighted by Crippen LogP contribution is 2.65. The summed E-state index contributed by atoms with van der Waals surface area (Å²) in [5.74, 6) is -6.91. The van der Waals surface area contributed by atoms with E-state index >= 15 is 4.79 Å². The Bertz CT molecular complexity index is 1950. The van der Waals surface area contributed by atoms with Crippen molar-refractivity contribution in [2.75, 3.05) is 18.6 Å². The summed E-state index contributed by atoms with van der Waals surface area (Å²) in [6.07, 6.45) is 2.16. The van der Waals surface area contributed by atoms with Crippen molar-refractivity contribution in [2.45, 2.75) is 37.0 Å². The molecule has 1 saturated carbocycles. The second kappa shape index (κ2) is 12.3. The van der Waals surface area contributed by atoms with Crippen molar-refractivity contribution < 1.29 is 38.9 Å². The summed E-state index contributed by atoms with van der Waals surface area (Å²) in [6.45, 7) is -0.0233. The molecule has 6 atom stereocenters. The normalized spacial score (nSPS) is 27.5. The molecule has 2 aliphatic heterocycles. The molecule has 2 heterocycles. The van der Waals surface area contributed by atoms with Gasteiger partial charge in [-0.1, -0.05) is 71.2 Å². The number of hydrogen-bond acceptors (Lipinski definition) is 7. The highest BCUT2D eigenvalue weighted by molar-refractivity contribution is 6.33. The molecule has 10 nitrogen and oxygen atoms in total. The third kappa shape index (κ3) is 4.95. The number of carboxylic acid groups (broad SMARTS) is 1. The number of rotatable bonds is 8. The van der Waals surface area contributed by atoms with Crippen molar-refractivity contribution in [3.63, 3.8) is 0 Å². The molecule has 252 valence electrons. The molecule has 4 aliphatic rings. The molecule has 0 spiro atoms. The van der Waals surface area contributed by atoms with Crippen LogP contribution in [0.3, 0.4) is 0 Å². The predicted octanol–water partition coefficient (Wildman–Crippen LogP) is 5.73. The van der Waals surface area contributed by atoms with Crippen molar-refractivity contribution in [1.29, 1.82) is 0 Å². The lowest BCUT2D eigenvalue weighted by molar-refractivity contribution is -0.142. The first-order valence-corrected chi connectivity index (χ1v) is 16.8. The number of carbonyl (C=O) groups is 5. The van der Waals surface area contributed by atoms with Crippen molar-refractivity contribution in [3.8, 4) is 11.5 Å². The minimum absolute atomic E-state index is 0.0225. The van der Waals surface area contributed by atoms with Crippen LogP contribution in [0, 0.1) is 23.7 Å². The van der Waals surface area contributed by atoms with E-state index in [1.165, 1.54) is 12.0 Å². The van der Waals surface area contributed by atoms with Crippen LogP contribution in [0.5, 0.6) is 11.5 Å². The number of carbonyl (C=O) groups excluding carboxylic acids is 4. The van der Waals surface area contributed by atoms with Gasteiger partial charge in [0.05, 0.1) is 41.0 Å². The van der Waals surface area contributed by atoms with Gasteiger partial charge in [-0.2, -0.15) is 0 Å². The fourth-order valence-corrected chi connectivity index (χ4v) is 9.11. The highest BCUT2D eigenvalue weighted by Gasteiger charge is 2.70. The Morgan fingerprint density at radius 3 is 2.41 bits per heavy atom. The quantitative estimate of drug-likeness (QED) is 0.224. The molecule has 12 heteroatoms. The van der Waals surface area contributed by atoms with E-state index in [2.05, 4.69) is 0 Å². The topological polar surface area (TPSA) is 142 Å². The van der Waals surface area contributed by atoms with Gasteiger partial charge in [-0.05, 0) is 66.6 Å². The van der Waals surface area contributed by atoms with Crippen LogP contribution in [0.25, 0.3) is 0 Å². The number of imide groups is 2. The van der Waals surface area contributed by atoms with E-state index in [4.69, 9.17) is 33.0 Å².